The number of aliphatic hydroxyl groups excluding tert-OH is 1. The van der Waals surface area contributed by atoms with Crippen molar-refractivity contribution in [2.24, 2.45) is 5.92 Å². The van der Waals surface area contributed by atoms with Crippen LogP contribution in [-0.4, -0.2) is 17.2 Å². The molecule has 1 aromatic carbocycles. The first kappa shape index (κ1) is 15.2. The average molecular weight is 249 g/mol. The van der Waals surface area contributed by atoms with E-state index < -0.39 is 6.10 Å². The topological polar surface area (TPSA) is 32.3 Å². The van der Waals surface area contributed by atoms with E-state index in [9.17, 15) is 5.11 Å². The molecule has 0 fully saturated rings. The first-order valence-corrected chi connectivity index (χ1v) is 6.84. The summed E-state index contributed by atoms with van der Waals surface area (Å²) in [4.78, 5) is 0. The number of aryl methyl sites for hydroxylation is 2. The van der Waals surface area contributed by atoms with Crippen molar-refractivity contribution in [3.05, 3.63) is 34.9 Å². The van der Waals surface area contributed by atoms with Crippen LogP contribution in [0, 0.1) is 19.8 Å². The third-order valence-electron chi connectivity index (χ3n) is 3.46. The zero-order chi connectivity index (χ0) is 13.9. The van der Waals surface area contributed by atoms with Gasteiger partial charge >= 0.3 is 0 Å². The molecule has 102 valence electrons. The highest BCUT2D eigenvalue weighted by Crippen LogP contribution is 2.24. The van der Waals surface area contributed by atoms with Crippen LogP contribution in [-0.2, 0) is 0 Å². The van der Waals surface area contributed by atoms with Crippen LogP contribution in [0.25, 0.3) is 0 Å². The molecule has 2 unspecified atom stereocenters. The van der Waals surface area contributed by atoms with Gasteiger partial charge in [-0.05, 0) is 36.5 Å². The number of hydrogen-bond acceptors (Lipinski definition) is 2. The molecule has 0 amide bonds. The maximum absolute atomic E-state index is 10.6. The van der Waals surface area contributed by atoms with Crippen LogP contribution in [0.4, 0.5) is 0 Å². The molecule has 0 saturated heterocycles. The molecule has 2 N–H and O–H groups in total. The Hall–Kier alpha value is -0.860. The summed E-state index contributed by atoms with van der Waals surface area (Å²) >= 11 is 0. The van der Waals surface area contributed by atoms with Gasteiger partial charge < -0.3 is 10.4 Å². The highest BCUT2D eigenvalue weighted by Gasteiger charge is 2.24. The van der Waals surface area contributed by atoms with Crippen LogP contribution in [0.1, 0.15) is 50.5 Å². The summed E-state index contributed by atoms with van der Waals surface area (Å²) in [5.74, 6) is 0.393. The van der Waals surface area contributed by atoms with E-state index in [4.69, 9.17) is 0 Å². The minimum absolute atomic E-state index is 0.0899. The second kappa shape index (κ2) is 6.35. The van der Waals surface area contributed by atoms with Gasteiger partial charge in [0.1, 0.15) is 0 Å². The maximum atomic E-state index is 10.6. The molecule has 0 aliphatic carbocycles. The van der Waals surface area contributed by atoms with Crippen molar-refractivity contribution in [3.63, 3.8) is 0 Å². The van der Waals surface area contributed by atoms with Gasteiger partial charge in [0.2, 0.25) is 0 Å². The van der Waals surface area contributed by atoms with Crippen LogP contribution in [0.2, 0.25) is 0 Å². The van der Waals surface area contributed by atoms with E-state index in [0.29, 0.717) is 12.0 Å². The molecule has 0 aliphatic rings. The fraction of sp³-hybridized carbons (Fsp3) is 0.625. The van der Waals surface area contributed by atoms with Crippen molar-refractivity contribution >= 4 is 0 Å². The largest absolute Gasteiger partial charge is 0.387 e. The van der Waals surface area contributed by atoms with Crippen LogP contribution in [0.5, 0.6) is 0 Å². The Balaban J connectivity index is 2.94. The molecule has 0 aliphatic heterocycles. The zero-order valence-corrected chi connectivity index (χ0v) is 12.5. The Bertz CT molecular complexity index is 385. The predicted octanol–water partition coefficient (Wildman–Crippen LogP) is 3.36. The van der Waals surface area contributed by atoms with Gasteiger partial charge in [-0.2, -0.15) is 0 Å². The summed E-state index contributed by atoms with van der Waals surface area (Å²) in [5, 5.41) is 14.0. The van der Waals surface area contributed by atoms with Gasteiger partial charge in [0.15, 0.2) is 0 Å². The van der Waals surface area contributed by atoms with Gasteiger partial charge in [-0.15, -0.1) is 0 Å². The van der Waals surface area contributed by atoms with Crippen molar-refractivity contribution in [3.8, 4) is 0 Å². The lowest BCUT2D eigenvalue weighted by atomic mass is 9.91. The van der Waals surface area contributed by atoms with Crippen molar-refractivity contribution in [1.29, 1.82) is 0 Å². The lowest BCUT2D eigenvalue weighted by Gasteiger charge is -2.30. The smallest absolute Gasteiger partial charge is 0.0945 e. The minimum atomic E-state index is -0.452. The maximum Gasteiger partial charge on any atom is 0.0945 e. The number of rotatable bonds is 5. The van der Waals surface area contributed by atoms with Crippen LogP contribution < -0.4 is 5.32 Å². The molecule has 0 spiro atoms. The molecule has 0 aromatic heterocycles. The first-order chi connectivity index (χ1) is 8.32. The number of nitrogens with one attached hydrogen (secondary N) is 1. The van der Waals surface area contributed by atoms with Crippen molar-refractivity contribution in [1.82, 2.24) is 5.32 Å². The van der Waals surface area contributed by atoms with Gasteiger partial charge in [-0.1, -0.05) is 45.9 Å². The van der Waals surface area contributed by atoms with Crippen LogP contribution in [0.15, 0.2) is 18.2 Å². The zero-order valence-electron chi connectivity index (χ0n) is 12.5. The fourth-order valence-electron chi connectivity index (χ4n) is 2.19. The van der Waals surface area contributed by atoms with E-state index in [-0.39, 0.29) is 6.04 Å². The van der Waals surface area contributed by atoms with Crippen molar-refractivity contribution in [2.75, 3.05) is 0 Å². The van der Waals surface area contributed by atoms with Gasteiger partial charge in [0, 0.05) is 12.1 Å². The molecule has 2 nitrogen and oxygen atoms in total. The number of aliphatic hydroxyl groups is 1. The van der Waals surface area contributed by atoms with E-state index in [2.05, 4.69) is 59.0 Å². The molecule has 1 aromatic rings. The van der Waals surface area contributed by atoms with Crippen LogP contribution >= 0.6 is 0 Å². The highest BCUT2D eigenvalue weighted by molar-refractivity contribution is 5.31. The van der Waals surface area contributed by atoms with Crippen LogP contribution in [0.3, 0.4) is 0 Å². The first-order valence-electron chi connectivity index (χ1n) is 6.84. The molecule has 0 radical (unpaired) electrons. The summed E-state index contributed by atoms with van der Waals surface area (Å²) in [7, 11) is 0. The minimum Gasteiger partial charge on any atom is -0.387 e. The number of benzene rings is 1. The Morgan fingerprint density at radius 2 is 1.61 bits per heavy atom. The van der Waals surface area contributed by atoms with E-state index >= 15 is 0 Å². The number of hydrogen-bond donors (Lipinski definition) is 2. The Kier molecular flexibility index (Phi) is 5.36. The average Bonchev–Trinajstić information content (AvgIpc) is 2.28. The molecule has 18 heavy (non-hydrogen) atoms. The lowest BCUT2D eigenvalue weighted by molar-refractivity contribution is 0.100. The van der Waals surface area contributed by atoms with E-state index in [1.54, 1.807) is 0 Å². The summed E-state index contributed by atoms with van der Waals surface area (Å²) in [6.07, 6.45) is -0.452. The quantitative estimate of drug-likeness (QED) is 0.838. The third-order valence-corrected chi connectivity index (χ3v) is 3.46. The highest BCUT2D eigenvalue weighted by atomic mass is 16.3. The van der Waals surface area contributed by atoms with Crippen molar-refractivity contribution in [2.45, 2.75) is 59.7 Å². The third kappa shape index (κ3) is 3.82. The summed E-state index contributed by atoms with van der Waals surface area (Å²) < 4.78 is 0. The predicted molar refractivity (Wildman–Crippen MR) is 77.8 cm³/mol. The lowest BCUT2D eigenvalue weighted by Crippen LogP contribution is -2.43. The second-order valence-electron chi connectivity index (χ2n) is 5.88. The Morgan fingerprint density at radius 1 is 1.00 bits per heavy atom. The molecule has 1 rings (SSSR count). The van der Waals surface area contributed by atoms with Gasteiger partial charge in [0.05, 0.1) is 6.10 Å². The molecule has 2 heteroatoms. The Morgan fingerprint density at radius 3 is 2.06 bits per heavy atom. The van der Waals surface area contributed by atoms with E-state index in [1.165, 1.54) is 11.1 Å². The summed E-state index contributed by atoms with van der Waals surface area (Å²) in [6, 6.07) is 6.67. The molecule has 0 heterocycles. The van der Waals surface area contributed by atoms with E-state index in [1.807, 2.05) is 6.07 Å². The van der Waals surface area contributed by atoms with Crippen molar-refractivity contribution < 1.29 is 5.11 Å². The molecule has 0 bridgehead atoms. The monoisotopic (exact) mass is 249 g/mol. The summed E-state index contributed by atoms with van der Waals surface area (Å²) in [5.41, 5.74) is 3.51. The summed E-state index contributed by atoms with van der Waals surface area (Å²) in [6.45, 7) is 12.7. The molecule has 2 atom stereocenters. The second-order valence-corrected chi connectivity index (χ2v) is 5.88. The SMILES string of the molecule is Cc1ccc(C(O)C(NC(C)C)C(C)C)cc1C. The van der Waals surface area contributed by atoms with Gasteiger partial charge in [0.25, 0.3) is 0 Å². The Labute approximate surface area is 111 Å². The molecule has 0 saturated carbocycles. The normalized spacial score (nSPS) is 15.2. The van der Waals surface area contributed by atoms with Gasteiger partial charge in [-0.25, -0.2) is 0 Å². The molecular formula is C16H27NO. The van der Waals surface area contributed by atoms with Gasteiger partial charge in [-0.3, -0.25) is 0 Å². The standard InChI is InChI=1S/C16H27NO/c1-10(2)15(17-11(3)4)16(18)14-8-7-12(5)13(6)9-14/h7-11,15-18H,1-6H3. The fourth-order valence-corrected chi connectivity index (χ4v) is 2.19. The molecular weight excluding hydrogens is 222 g/mol. The van der Waals surface area contributed by atoms with E-state index in [0.717, 1.165) is 5.56 Å².